The first-order valence-corrected chi connectivity index (χ1v) is 8.18. The number of rotatable bonds is 4. The van der Waals surface area contributed by atoms with Crippen LogP contribution in [0.5, 0.6) is 0 Å². The fourth-order valence-corrected chi connectivity index (χ4v) is 3.15. The van der Waals surface area contributed by atoms with Gasteiger partial charge in [0, 0.05) is 25.9 Å². The van der Waals surface area contributed by atoms with Crippen LogP contribution in [0.1, 0.15) is 36.5 Å². The Morgan fingerprint density at radius 2 is 1.96 bits per heavy atom. The number of carbonyl (C=O) groups is 1. The third-order valence-electron chi connectivity index (χ3n) is 5.05. The first-order chi connectivity index (χ1) is 11.2. The number of hydrogen-bond donors (Lipinski definition) is 1. The van der Waals surface area contributed by atoms with E-state index in [2.05, 4.69) is 12.0 Å². The van der Waals surface area contributed by atoms with Gasteiger partial charge in [0.2, 0.25) is 0 Å². The number of amides is 1. The van der Waals surface area contributed by atoms with Crippen molar-refractivity contribution < 1.29 is 9.90 Å². The van der Waals surface area contributed by atoms with Gasteiger partial charge in [-0.25, -0.2) is 4.68 Å². The predicted octanol–water partition coefficient (Wildman–Crippen LogP) is 2.50. The van der Waals surface area contributed by atoms with Gasteiger partial charge in [0.1, 0.15) is 0 Å². The lowest BCUT2D eigenvalue weighted by atomic mass is 9.77. The van der Waals surface area contributed by atoms with E-state index >= 15 is 0 Å². The van der Waals surface area contributed by atoms with Crippen molar-refractivity contribution in [1.29, 1.82) is 0 Å². The minimum absolute atomic E-state index is 0.00893. The molecule has 1 fully saturated rings. The Kier molecular flexibility index (Phi) is 4.48. The van der Waals surface area contributed by atoms with Crippen LogP contribution in [0.4, 0.5) is 0 Å². The van der Waals surface area contributed by atoms with Gasteiger partial charge in [-0.1, -0.05) is 25.1 Å². The fraction of sp³-hybridized carbons (Fsp3) is 0.444. The second-order valence-electron chi connectivity index (χ2n) is 6.31. The summed E-state index contributed by atoms with van der Waals surface area (Å²) in [7, 11) is 0. The molecule has 5 nitrogen and oxygen atoms in total. The summed E-state index contributed by atoms with van der Waals surface area (Å²) in [6, 6.07) is 9.76. The molecule has 0 unspecified atom stereocenters. The molecule has 1 N–H and O–H groups in total. The van der Waals surface area contributed by atoms with Crippen LogP contribution in [0.25, 0.3) is 5.69 Å². The summed E-state index contributed by atoms with van der Waals surface area (Å²) >= 11 is 0. The molecule has 5 heteroatoms. The van der Waals surface area contributed by atoms with Gasteiger partial charge < -0.3 is 10.0 Å². The summed E-state index contributed by atoms with van der Waals surface area (Å²) in [6.45, 7) is 3.71. The smallest absolute Gasteiger partial charge is 0.257 e. The highest BCUT2D eigenvalue weighted by molar-refractivity contribution is 5.93. The van der Waals surface area contributed by atoms with E-state index in [9.17, 15) is 9.90 Å². The van der Waals surface area contributed by atoms with Gasteiger partial charge in [-0.15, -0.1) is 0 Å². The molecule has 2 aromatic rings. The number of piperidine rings is 1. The van der Waals surface area contributed by atoms with Crippen LogP contribution in [0.2, 0.25) is 0 Å². The normalized spacial score (nSPS) is 17.2. The number of nitrogens with zero attached hydrogens (tertiary/aromatic N) is 3. The van der Waals surface area contributed by atoms with E-state index in [1.54, 1.807) is 17.1 Å². The molecule has 1 aliphatic rings. The van der Waals surface area contributed by atoms with Crippen molar-refractivity contribution in [2.75, 3.05) is 19.7 Å². The number of aliphatic hydroxyl groups is 1. The molecular weight excluding hydrogens is 290 g/mol. The van der Waals surface area contributed by atoms with Gasteiger partial charge in [0.05, 0.1) is 17.4 Å². The monoisotopic (exact) mass is 313 g/mol. The summed E-state index contributed by atoms with van der Waals surface area (Å²) < 4.78 is 1.72. The molecule has 2 heterocycles. The Balaban J connectivity index is 1.69. The van der Waals surface area contributed by atoms with Crippen molar-refractivity contribution in [3.05, 3.63) is 48.3 Å². The lowest BCUT2D eigenvalue weighted by Gasteiger charge is -2.40. The maximum absolute atomic E-state index is 12.6. The van der Waals surface area contributed by atoms with Crippen molar-refractivity contribution in [2.45, 2.75) is 26.2 Å². The Morgan fingerprint density at radius 3 is 2.57 bits per heavy atom. The minimum Gasteiger partial charge on any atom is -0.396 e. The number of hydrogen-bond acceptors (Lipinski definition) is 3. The quantitative estimate of drug-likeness (QED) is 0.943. The highest BCUT2D eigenvalue weighted by Gasteiger charge is 2.34. The summed E-state index contributed by atoms with van der Waals surface area (Å²) in [4.78, 5) is 14.5. The second kappa shape index (κ2) is 6.54. The van der Waals surface area contributed by atoms with E-state index in [-0.39, 0.29) is 17.9 Å². The summed E-state index contributed by atoms with van der Waals surface area (Å²) in [5, 5.41) is 13.9. The van der Waals surface area contributed by atoms with Gasteiger partial charge in [0.25, 0.3) is 5.91 Å². The SMILES string of the molecule is CCC1(CO)CCN(C(=O)c2cnn(-c3ccccc3)c2)CC1. The molecule has 1 aromatic carbocycles. The maximum Gasteiger partial charge on any atom is 0.257 e. The molecule has 0 atom stereocenters. The topological polar surface area (TPSA) is 58.4 Å². The van der Waals surface area contributed by atoms with Crippen LogP contribution in [0.15, 0.2) is 42.7 Å². The third kappa shape index (κ3) is 3.15. The second-order valence-corrected chi connectivity index (χ2v) is 6.31. The Labute approximate surface area is 136 Å². The Hall–Kier alpha value is -2.14. The van der Waals surface area contributed by atoms with Crippen molar-refractivity contribution in [3.8, 4) is 5.69 Å². The molecule has 1 aromatic heterocycles. The number of benzene rings is 1. The molecular formula is C18H23N3O2. The minimum atomic E-state index is -0.00893. The summed E-state index contributed by atoms with van der Waals surface area (Å²) in [6.07, 6.45) is 6.09. The molecule has 1 saturated heterocycles. The van der Waals surface area contributed by atoms with E-state index in [4.69, 9.17) is 0 Å². The molecule has 1 aliphatic heterocycles. The molecule has 0 spiro atoms. The van der Waals surface area contributed by atoms with Crippen molar-refractivity contribution >= 4 is 5.91 Å². The van der Waals surface area contributed by atoms with E-state index in [0.29, 0.717) is 18.7 Å². The first-order valence-electron chi connectivity index (χ1n) is 8.18. The van der Waals surface area contributed by atoms with E-state index in [1.807, 2.05) is 35.2 Å². The third-order valence-corrected chi connectivity index (χ3v) is 5.05. The standard InChI is InChI=1S/C18H23N3O2/c1-2-18(14-22)8-10-20(11-9-18)17(23)15-12-19-21(13-15)16-6-4-3-5-7-16/h3-7,12-13,22H,2,8-11,14H2,1H3. The van der Waals surface area contributed by atoms with E-state index < -0.39 is 0 Å². The Morgan fingerprint density at radius 1 is 1.26 bits per heavy atom. The fourth-order valence-electron chi connectivity index (χ4n) is 3.15. The molecule has 0 saturated carbocycles. The lowest BCUT2D eigenvalue weighted by Crippen LogP contribution is -2.44. The van der Waals surface area contributed by atoms with Crippen molar-refractivity contribution in [1.82, 2.24) is 14.7 Å². The van der Waals surface area contributed by atoms with Crippen LogP contribution < -0.4 is 0 Å². The maximum atomic E-state index is 12.6. The van der Waals surface area contributed by atoms with Crippen LogP contribution in [0, 0.1) is 5.41 Å². The Bertz CT molecular complexity index is 652. The van der Waals surface area contributed by atoms with Crippen LogP contribution in [-0.2, 0) is 0 Å². The first kappa shape index (κ1) is 15.7. The largest absolute Gasteiger partial charge is 0.396 e. The zero-order valence-corrected chi connectivity index (χ0v) is 13.5. The average molecular weight is 313 g/mol. The highest BCUT2D eigenvalue weighted by atomic mass is 16.3. The van der Waals surface area contributed by atoms with Crippen LogP contribution in [-0.4, -0.2) is 45.4 Å². The van der Waals surface area contributed by atoms with Gasteiger partial charge >= 0.3 is 0 Å². The van der Waals surface area contributed by atoms with Gasteiger partial charge in [-0.05, 0) is 36.8 Å². The van der Waals surface area contributed by atoms with Gasteiger partial charge in [0.15, 0.2) is 0 Å². The molecule has 1 amide bonds. The average Bonchev–Trinajstić information content (AvgIpc) is 3.12. The zero-order chi connectivity index (χ0) is 16.3. The molecule has 122 valence electrons. The predicted molar refractivity (Wildman–Crippen MR) is 88.5 cm³/mol. The van der Waals surface area contributed by atoms with Gasteiger partial charge in [-0.2, -0.15) is 5.10 Å². The molecule has 23 heavy (non-hydrogen) atoms. The molecule has 0 bridgehead atoms. The van der Waals surface area contributed by atoms with Crippen molar-refractivity contribution in [3.63, 3.8) is 0 Å². The molecule has 0 aliphatic carbocycles. The summed E-state index contributed by atoms with van der Waals surface area (Å²) in [5.74, 6) is 0.0230. The van der Waals surface area contributed by atoms with Crippen LogP contribution >= 0.6 is 0 Å². The lowest BCUT2D eigenvalue weighted by molar-refractivity contribution is 0.0338. The van der Waals surface area contributed by atoms with Crippen LogP contribution in [0.3, 0.4) is 0 Å². The number of likely N-dealkylation sites (tertiary alicyclic amines) is 1. The van der Waals surface area contributed by atoms with E-state index in [0.717, 1.165) is 24.9 Å². The zero-order valence-electron chi connectivity index (χ0n) is 13.5. The number of aromatic nitrogens is 2. The van der Waals surface area contributed by atoms with E-state index in [1.165, 1.54) is 0 Å². The number of aliphatic hydroxyl groups excluding tert-OH is 1. The molecule has 3 rings (SSSR count). The summed E-state index contributed by atoms with van der Waals surface area (Å²) in [5.41, 5.74) is 1.54. The van der Waals surface area contributed by atoms with Crippen molar-refractivity contribution in [2.24, 2.45) is 5.41 Å². The highest BCUT2D eigenvalue weighted by Crippen LogP contribution is 2.34. The van der Waals surface area contributed by atoms with Gasteiger partial charge in [-0.3, -0.25) is 4.79 Å². The number of carbonyl (C=O) groups excluding carboxylic acids is 1. The molecule has 0 radical (unpaired) electrons. The number of para-hydroxylation sites is 1.